The maximum Gasteiger partial charge on any atom is 0.252 e. The molecule has 0 aliphatic heterocycles. The Hall–Kier alpha value is -1.03. The quantitative estimate of drug-likeness (QED) is 0.406. The minimum Gasteiger partial charge on any atom is -0.391 e. The first-order chi connectivity index (χ1) is 5.17. The second-order valence-electron chi connectivity index (χ2n) is 2.21. The molecule has 0 saturated carbocycles. The highest BCUT2D eigenvalue weighted by molar-refractivity contribution is 5.79. The van der Waals surface area contributed by atoms with Crippen LogP contribution in [-0.2, 0) is 4.79 Å². The molecule has 11 heavy (non-hydrogen) atoms. The van der Waals surface area contributed by atoms with E-state index >= 15 is 0 Å². The Bertz CT molecular complexity index is 141. The molecule has 0 aliphatic carbocycles. The lowest BCUT2D eigenvalue weighted by Gasteiger charge is -2.14. The third kappa shape index (κ3) is 2.59. The molecular formula is C7H14N2O2. The molecule has 4 heteroatoms. The average molecular weight is 158 g/mol. The van der Waals surface area contributed by atoms with Gasteiger partial charge in [-0.05, 0) is 6.42 Å². The van der Waals surface area contributed by atoms with Gasteiger partial charge in [-0.3, -0.25) is 10.0 Å². The second-order valence-corrected chi connectivity index (χ2v) is 2.21. The van der Waals surface area contributed by atoms with Gasteiger partial charge in [-0.15, -0.1) is 0 Å². The van der Waals surface area contributed by atoms with E-state index < -0.39 is 5.91 Å². The van der Waals surface area contributed by atoms with Crippen LogP contribution in [0.1, 0.15) is 13.3 Å². The zero-order chi connectivity index (χ0) is 8.85. The van der Waals surface area contributed by atoms with Crippen LogP contribution in [0.2, 0.25) is 0 Å². The van der Waals surface area contributed by atoms with Crippen molar-refractivity contribution in [3.8, 4) is 0 Å². The summed E-state index contributed by atoms with van der Waals surface area (Å²) in [5, 5.41) is 11.1. The Kier molecular flexibility index (Phi) is 4.29. The number of carbonyl (C=O) groups is 1. The first-order valence-electron chi connectivity index (χ1n) is 3.47. The van der Waals surface area contributed by atoms with Crippen molar-refractivity contribution in [1.82, 2.24) is 10.8 Å². The predicted octanol–water partition coefficient (Wildman–Crippen LogP) is 0.251. The second kappa shape index (κ2) is 4.73. The monoisotopic (exact) mass is 158 g/mol. The molecule has 1 atom stereocenters. The van der Waals surface area contributed by atoms with E-state index in [1.54, 1.807) is 12.5 Å². The topological polar surface area (TPSA) is 61.4 Å². The summed E-state index contributed by atoms with van der Waals surface area (Å²) in [5.74, 6) is -0.781. The molecule has 0 rings (SSSR count). The Balaban J connectivity index is 4.15. The van der Waals surface area contributed by atoms with Crippen molar-refractivity contribution < 1.29 is 10.0 Å². The van der Waals surface area contributed by atoms with Gasteiger partial charge >= 0.3 is 0 Å². The van der Waals surface area contributed by atoms with Crippen molar-refractivity contribution in [2.24, 2.45) is 5.92 Å². The van der Waals surface area contributed by atoms with E-state index in [0.29, 0.717) is 12.1 Å². The molecule has 64 valence electrons. The van der Waals surface area contributed by atoms with Crippen LogP contribution < -0.4 is 10.8 Å². The summed E-state index contributed by atoms with van der Waals surface area (Å²) >= 11 is 0. The summed E-state index contributed by atoms with van der Waals surface area (Å²) in [6.07, 6.45) is 0.617. The molecular weight excluding hydrogens is 144 g/mol. The van der Waals surface area contributed by atoms with Gasteiger partial charge in [0, 0.05) is 12.7 Å². The van der Waals surface area contributed by atoms with Crippen LogP contribution in [0.5, 0.6) is 0 Å². The van der Waals surface area contributed by atoms with Gasteiger partial charge in [0.15, 0.2) is 0 Å². The Morgan fingerprint density at radius 2 is 2.27 bits per heavy atom. The Labute approximate surface area is 66.2 Å². The van der Waals surface area contributed by atoms with Gasteiger partial charge in [-0.25, -0.2) is 5.48 Å². The van der Waals surface area contributed by atoms with Gasteiger partial charge in [0.1, 0.15) is 0 Å². The average Bonchev–Trinajstić information content (AvgIpc) is 2.05. The SMILES string of the molecule is C=C(NC)C(CC)C(=O)NO. The zero-order valence-electron chi connectivity index (χ0n) is 6.85. The van der Waals surface area contributed by atoms with Gasteiger partial charge < -0.3 is 5.32 Å². The molecule has 1 amide bonds. The van der Waals surface area contributed by atoms with E-state index in [-0.39, 0.29) is 5.92 Å². The van der Waals surface area contributed by atoms with Crippen molar-refractivity contribution in [3.63, 3.8) is 0 Å². The first-order valence-corrected chi connectivity index (χ1v) is 3.47. The van der Waals surface area contributed by atoms with Gasteiger partial charge in [0.2, 0.25) is 0 Å². The molecule has 0 radical (unpaired) electrons. The predicted molar refractivity (Wildman–Crippen MR) is 41.9 cm³/mol. The molecule has 0 aromatic carbocycles. The highest BCUT2D eigenvalue weighted by atomic mass is 16.5. The van der Waals surface area contributed by atoms with Gasteiger partial charge in [-0.2, -0.15) is 0 Å². The van der Waals surface area contributed by atoms with Gasteiger partial charge in [-0.1, -0.05) is 13.5 Å². The number of nitrogens with one attached hydrogen (secondary N) is 2. The van der Waals surface area contributed by atoms with Crippen molar-refractivity contribution in [1.29, 1.82) is 0 Å². The van der Waals surface area contributed by atoms with Crippen LogP contribution >= 0.6 is 0 Å². The number of hydrogen-bond acceptors (Lipinski definition) is 3. The molecule has 0 bridgehead atoms. The van der Waals surface area contributed by atoms with Gasteiger partial charge in [0.25, 0.3) is 5.91 Å². The summed E-state index contributed by atoms with van der Waals surface area (Å²) in [4.78, 5) is 10.9. The highest BCUT2D eigenvalue weighted by Crippen LogP contribution is 2.09. The zero-order valence-corrected chi connectivity index (χ0v) is 6.85. The molecule has 0 saturated heterocycles. The van der Waals surface area contributed by atoms with Crippen LogP contribution in [0.25, 0.3) is 0 Å². The summed E-state index contributed by atoms with van der Waals surface area (Å²) in [7, 11) is 1.69. The molecule has 0 spiro atoms. The van der Waals surface area contributed by atoms with E-state index in [1.807, 2.05) is 6.92 Å². The summed E-state index contributed by atoms with van der Waals surface area (Å²) in [6, 6.07) is 0. The summed E-state index contributed by atoms with van der Waals surface area (Å²) < 4.78 is 0. The summed E-state index contributed by atoms with van der Waals surface area (Å²) in [6.45, 7) is 5.48. The standard InChI is InChI=1S/C7H14N2O2/c1-4-6(5(2)8-3)7(10)9-11/h6,8,11H,2,4H2,1,3H3,(H,9,10). The number of amides is 1. The highest BCUT2D eigenvalue weighted by Gasteiger charge is 2.17. The van der Waals surface area contributed by atoms with Crippen LogP contribution in [0.3, 0.4) is 0 Å². The fourth-order valence-electron chi connectivity index (χ4n) is 0.842. The third-order valence-corrected chi connectivity index (χ3v) is 1.58. The van der Waals surface area contributed by atoms with E-state index in [9.17, 15) is 4.79 Å². The maximum atomic E-state index is 10.9. The van der Waals surface area contributed by atoms with Crippen molar-refractivity contribution in [3.05, 3.63) is 12.3 Å². The lowest BCUT2D eigenvalue weighted by molar-refractivity contribution is -0.132. The smallest absolute Gasteiger partial charge is 0.252 e. The summed E-state index contributed by atoms with van der Waals surface area (Å²) in [5.41, 5.74) is 2.20. The van der Waals surface area contributed by atoms with E-state index in [4.69, 9.17) is 5.21 Å². The molecule has 3 N–H and O–H groups in total. The van der Waals surface area contributed by atoms with Crippen molar-refractivity contribution >= 4 is 5.91 Å². The molecule has 0 aromatic rings. The van der Waals surface area contributed by atoms with E-state index in [2.05, 4.69) is 11.9 Å². The molecule has 0 fully saturated rings. The van der Waals surface area contributed by atoms with E-state index in [0.717, 1.165) is 0 Å². The fourth-order valence-corrected chi connectivity index (χ4v) is 0.842. The lowest BCUT2D eigenvalue weighted by Crippen LogP contribution is -2.31. The normalized spacial score (nSPS) is 11.9. The minimum atomic E-state index is -0.424. The van der Waals surface area contributed by atoms with Crippen LogP contribution in [-0.4, -0.2) is 18.2 Å². The van der Waals surface area contributed by atoms with Crippen molar-refractivity contribution in [2.75, 3.05) is 7.05 Å². The molecule has 0 heterocycles. The van der Waals surface area contributed by atoms with Gasteiger partial charge in [0.05, 0.1) is 5.92 Å². The number of rotatable bonds is 4. The van der Waals surface area contributed by atoms with Crippen LogP contribution in [0, 0.1) is 5.92 Å². The Morgan fingerprint density at radius 3 is 2.55 bits per heavy atom. The van der Waals surface area contributed by atoms with Crippen molar-refractivity contribution in [2.45, 2.75) is 13.3 Å². The number of hydrogen-bond donors (Lipinski definition) is 3. The van der Waals surface area contributed by atoms with Crippen LogP contribution in [0.15, 0.2) is 12.3 Å². The number of hydroxylamine groups is 1. The maximum absolute atomic E-state index is 10.9. The lowest BCUT2D eigenvalue weighted by atomic mass is 10.0. The molecule has 1 unspecified atom stereocenters. The molecule has 0 aliphatic rings. The van der Waals surface area contributed by atoms with Crippen LogP contribution in [0.4, 0.5) is 0 Å². The Morgan fingerprint density at radius 1 is 1.73 bits per heavy atom. The minimum absolute atomic E-state index is 0.356. The third-order valence-electron chi connectivity index (χ3n) is 1.58. The van der Waals surface area contributed by atoms with E-state index in [1.165, 1.54) is 0 Å². The fraction of sp³-hybridized carbons (Fsp3) is 0.571. The number of carbonyl (C=O) groups excluding carboxylic acids is 1. The molecule has 0 aromatic heterocycles. The largest absolute Gasteiger partial charge is 0.391 e. The molecule has 4 nitrogen and oxygen atoms in total. The first kappa shape index (κ1) is 9.97.